The van der Waals surface area contributed by atoms with Crippen molar-refractivity contribution in [1.82, 2.24) is 9.78 Å². The first kappa shape index (κ1) is 13.9. The summed E-state index contributed by atoms with van der Waals surface area (Å²) in [5.41, 5.74) is 8.57. The SMILES string of the molecule is Cc1nn(C)c(COc2cccc([C@H](C)N)c2)c1Cl. The number of ether oxygens (including phenoxy) is 1. The van der Waals surface area contributed by atoms with Gasteiger partial charge in [0.1, 0.15) is 12.4 Å². The van der Waals surface area contributed by atoms with Gasteiger partial charge in [0.2, 0.25) is 0 Å². The Morgan fingerprint density at radius 3 is 2.79 bits per heavy atom. The van der Waals surface area contributed by atoms with Crippen molar-refractivity contribution in [1.29, 1.82) is 0 Å². The zero-order valence-electron chi connectivity index (χ0n) is 11.4. The van der Waals surface area contributed by atoms with Crippen molar-refractivity contribution in [2.45, 2.75) is 26.5 Å². The van der Waals surface area contributed by atoms with Crippen LogP contribution in [0.1, 0.15) is 29.9 Å². The quantitative estimate of drug-likeness (QED) is 0.936. The molecule has 0 saturated heterocycles. The lowest BCUT2D eigenvalue weighted by Crippen LogP contribution is -2.06. The normalized spacial score (nSPS) is 12.5. The van der Waals surface area contributed by atoms with Gasteiger partial charge in [-0.05, 0) is 31.5 Å². The molecule has 0 amide bonds. The monoisotopic (exact) mass is 279 g/mol. The third-order valence-corrected chi connectivity index (χ3v) is 3.51. The largest absolute Gasteiger partial charge is 0.487 e. The van der Waals surface area contributed by atoms with Crippen molar-refractivity contribution in [3.8, 4) is 5.75 Å². The number of rotatable bonds is 4. The van der Waals surface area contributed by atoms with E-state index in [1.165, 1.54) is 0 Å². The number of aromatic nitrogens is 2. The molecule has 0 aliphatic carbocycles. The lowest BCUT2D eigenvalue weighted by atomic mass is 10.1. The molecule has 0 radical (unpaired) electrons. The van der Waals surface area contributed by atoms with Crippen LogP contribution in [0.15, 0.2) is 24.3 Å². The molecule has 2 aromatic rings. The fraction of sp³-hybridized carbons (Fsp3) is 0.357. The Bertz CT molecular complexity index is 578. The Labute approximate surface area is 118 Å². The molecule has 5 heteroatoms. The summed E-state index contributed by atoms with van der Waals surface area (Å²) in [6.45, 7) is 4.21. The second-order valence-electron chi connectivity index (χ2n) is 4.62. The lowest BCUT2D eigenvalue weighted by Gasteiger charge is -2.10. The van der Waals surface area contributed by atoms with Gasteiger partial charge in [-0.15, -0.1) is 0 Å². The number of aryl methyl sites for hydroxylation is 2. The molecular weight excluding hydrogens is 262 g/mol. The molecular formula is C14H18ClN3O. The molecule has 0 bridgehead atoms. The minimum Gasteiger partial charge on any atom is -0.487 e. The smallest absolute Gasteiger partial charge is 0.131 e. The molecule has 0 aliphatic heterocycles. The summed E-state index contributed by atoms with van der Waals surface area (Å²) in [4.78, 5) is 0. The van der Waals surface area contributed by atoms with E-state index in [0.29, 0.717) is 11.6 Å². The fourth-order valence-electron chi connectivity index (χ4n) is 1.88. The average Bonchev–Trinajstić information content (AvgIpc) is 2.61. The van der Waals surface area contributed by atoms with E-state index in [4.69, 9.17) is 22.1 Å². The highest BCUT2D eigenvalue weighted by Gasteiger charge is 2.11. The van der Waals surface area contributed by atoms with Crippen molar-refractivity contribution in [3.63, 3.8) is 0 Å². The third-order valence-electron chi connectivity index (χ3n) is 3.02. The van der Waals surface area contributed by atoms with Crippen LogP contribution in [0.5, 0.6) is 5.75 Å². The predicted molar refractivity (Wildman–Crippen MR) is 76.3 cm³/mol. The Morgan fingerprint density at radius 1 is 1.47 bits per heavy atom. The molecule has 19 heavy (non-hydrogen) atoms. The fourth-order valence-corrected chi connectivity index (χ4v) is 2.09. The standard InChI is InChI=1S/C14H18ClN3O/c1-9(16)11-5-4-6-12(7-11)19-8-13-14(15)10(2)17-18(13)3/h4-7,9H,8,16H2,1-3H3/t9-/m0/s1. The van der Waals surface area contributed by atoms with E-state index < -0.39 is 0 Å². The minimum atomic E-state index is -0.00825. The highest BCUT2D eigenvalue weighted by Crippen LogP contribution is 2.23. The molecule has 4 nitrogen and oxygen atoms in total. The first-order valence-electron chi connectivity index (χ1n) is 6.15. The molecule has 0 saturated carbocycles. The Hall–Kier alpha value is -1.52. The summed E-state index contributed by atoms with van der Waals surface area (Å²) in [6, 6.07) is 7.76. The van der Waals surface area contributed by atoms with E-state index in [0.717, 1.165) is 22.7 Å². The number of halogens is 1. The van der Waals surface area contributed by atoms with Gasteiger partial charge in [0.05, 0.1) is 16.4 Å². The van der Waals surface area contributed by atoms with Gasteiger partial charge >= 0.3 is 0 Å². The molecule has 1 atom stereocenters. The molecule has 2 N–H and O–H groups in total. The first-order chi connectivity index (χ1) is 8.99. The van der Waals surface area contributed by atoms with Crippen molar-refractivity contribution in [3.05, 3.63) is 46.2 Å². The Morgan fingerprint density at radius 2 is 2.21 bits per heavy atom. The summed E-state index contributed by atoms with van der Waals surface area (Å²) < 4.78 is 7.50. The number of hydrogen-bond acceptors (Lipinski definition) is 3. The molecule has 102 valence electrons. The first-order valence-corrected chi connectivity index (χ1v) is 6.53. The molecule has 2 rings (SSSR count). The van der Waals surface area contributed by atoms with Crippen LogP contribution < -0.4 is 10.5 Å². The summed E-state index contributed by atoms with van der Waals surface area (Å²) in [7, 11) is 1.86. The predicted octanol–water partition coefficient (Wildman–Crippen LogP) is 2.98. The maximum absolute atomic E-state index is 6.18. The van der Waals surface area contributed by atoms with Crippen molar-refractivity contribution in [2.24, 2.45) is 12.8 Å². The van der Waals surface area contributed by atoms with E-state index in [1.54, 1.807) is 4.68 Å². The van der Waals surface area contributed by atoms with Gasteiger partial charge in [-0.3, -0.25) is 4.68 Å². The molecule has 0 unspecified atom stereocenters. The highest BCUT2D eigenvalue weighted by molar-refractivity contribution is 6.31. The summed E-state index contributed by atoms with van der Waals surface area (Å²) in [6.07, 6.45) is 0. The van der Waals surface area contributed by atoms with Crippen molar-refractivity contribution >= 4 is 11.6 Å². The van der Waals surface area contributed by atoms with Crippen LogP contribution >= 0.6 is 11.6 Å². The number of nitrogens with zero attached hydrogens (tertiary/aromatic N) is 2. The van der Waals surface area contributed by atoms with Gasteiger partial charge in [-0.1, -0.05) is 23.7 Å². The van der Waals surface area contributed by atoms with Gasteiger partial charge in [0, 0.05) is 13.1 Å². The van der Waals surface area contributed by atoms with Crippen LogP contribution in [-0.4, -0.2) is 9.78 Å². The van der Waals surface area contributed by atoms with Gasteiger partial charge in [0.15, 0.2) is 0 Å². The molecule has 0 fully saturated rings. The molecule has 1 aromatic heterocycles. The van der Waals surface area contributed by atoms with E-state index in [1.807, 2.05) is 45.2 Å². The third kappa shape index (κ3) is 3.08. The zero-order chi connectivity index (χ0) is 14.0. The van der Waals surface area contributed by atoms with Crippen LogP contribution in [0.4, 0.5) is 0 Å². The number of benzene rings is 1. The number of nitrogens with two attached hydrogens (primary N) is 1. The van der Waals surface area contributed by atoms with Crippen molar-refractivity contribution < 1.29 is 4.74 Å². The summed E-state index contributed by atoms with van der Waals surface area (Å²) >= 11 is 6.18. The van der Waals surface area contributed by atoms with E-state index in [2.05, 4.69) is 5.10 Å². The Balaban J connectivity index is 2.12. The minimum absolute atomic E-state index is 0.00825. The second kappa shape index (κ2) is 5.63. The van der Waals surface area contributed by atoms with Gasteiger partial charge in [-0.2, -0.15) is 5.10 Å². The molecule has 1 aromatic carbocycles. The summed E-state index contributed by atoms with van der Waals surface area (Å²) in [5, 5.41) is 4.91. The number of hydrogen-bond donors (Lipinski definition) is 1. The van der Waals surface area contributed by atoms with E-state index in [9.17, 15) is 0 Å². The Kier molecular flexibility index (Phi) is 4.12. The van der Waals surface area contributed by atoms with Crippen LogP contribution in [-0.2, 0) is 13.7 Å². The maximum atomic E-state index is 6.18. The summed E-state index contributed by atoms with van der Waals surface area (Å²) in [5.74, 6) is 0.782. The average molecular weight is 280 g/mol. The van der Waals surface area contributed by atoms with Crippen LogP contribution in [0.2, 0.25) is 5.02 Å². The molecule has 0 aliphatic rings. The molecule has 1 heterocycles. The maximum Gasteiger partial charge on any atom is 0.131 e. The van der Waals surface area contributed by atoms with E-state index >= 15 is 0 Å². The second-order valence-corrected chi connectivity index (χ2v) is 5.00. The van der Waals surface area contributed by atoms with Crippen LogP contribution in [0, 0.1) is 6.92 Å². The van der Waals surface area contributed by atoms with Crippen molar-refractivity contribution in [2.75, 3.05) is 0 Å². The van der Waals surface area contributed by atoms with Gasteiger partial charge in [-0.25, -0.2) is 0 Å². The van der Waals surface area contributed by atoms with Gasteiger partial charge in [0.25, 0.3) is 0 Å². The van der Waals surface area contributed by atoms with Gasteiger partial charge < -0.3 is 10.5 Å². The van der Waals surface area contributed by atoms with E-state index in [-0.39, 0.29) is 6.04 Å². The topological polar surface area (TPSA) is 53.1 Å². The zero-order valence-corrected chi connectivity index (χ0v) is 12.1. The molecule has 0 spiro atoms. The van der Waals surface area contributed by atoms with Crippen LogP contribution in [0.3, 0.4) is 0 Å². The lowest BCUT2D eigenvalue weighted by molar-refractivity contribution is 0.294. The highest BCUT2D eigenvalue weighted by atomic mass is 35.5. The van der Waals surface area contributed by atoms with Crippen LogP contribution in [0.25, 0.3) is 0 Å².